The van der Waals surface area contributed by atoms with E-state index in [0.717, 1.165) is 16.7 Å². The molecule has 0 heterocycles. The van der Waals surface area contributed by atoms with Crippen molar-refractivity contribution in [1.29, 1.82) is 0 Å². The Kier molecular flexibility index (Phi) is 9.97. The quantitative estimate of drug-likeness (QED) is 0.339. The number of hydrogen-bond acceptors (Lipinski definition) is 3. The van der Waals surface area contributed by atoms with Crippen LogP contribution in [0.15, 0.2) is 78.9 Å². The molecule has 190 valence electrons. The van der Waals surface area contributed by atoms with Crippen LogP contribution in [0.5, 0.6) is 0 Å². The zero-order valence-electron chi connectivity index (χ0n) is 20.8. The van der Waals surface area contributed by atoms with E-state index in [4.69, 9.17) is 11.6 Å². The smallest absolute Gasteiger partial charge is 0.243 e. The molecule has 0 unspecified atom stereocenters. The van der Waals surface area contributed by atoms with E-state index < -0.39 is 11.6 Å². The molecule has 3 aromatic carbocycles. The first-order chi connectivity index (χ1) is 17.1. The number of hydrogen-bond donors (Lipinski definition) is 1. The molecular formula is C29H32ClFN2O2S. The SMILES string of the molecule is CC(C)(C)NC(=O)[C@@H](Cc1ccccc1)N(Cc1ccc(Cl)cc1)C(=O)CSCc1ccc(F)cc1. The minimum atomic E-state index is -0.693. The van der Waals surface area contributed by atoms with Gasteiger partial charge < -0.3 is 10.2 Å². The molecule has 0 saturated heterocycles. The van der Waals surface area contributed by atoms with E-state index in [0.29, 0.717) is 17.2 Å². The molecule has 0 aliphatic rings. The monoisotopic (exact) mass is 526 g/mol. The highest BCUT2D eigenvalue weighted by Crippen LogP contribution is 2.20. The molecule has 1 N–H and O–H groups in total. The molecule has 3 rings (SSSR count). The number of nitrogens with one attached hydrogen (secondary N) is 1. The number of rotatable bonds is 10. The van der Waals surface area contributed by atoms with Crippen molar-refractivity contribution >= 4 is 35.2 Å². The zero-order chi connectivity index (χ0) is 26.1. The van der Waals surface area contributed by atoms with Crippen molar-refractivity contribution in [2.45, 2.75) is 51.1 Å². The molecule has 2 amide bonds. The molecule has 3 aromatic rings. The fraction of sp³-hybridized carbons (Fsp3) is 0.310. The summed E-state index contributed by atoms with van der Waals surface area (Å²) in [4.78, 5) is 28.8. The van der Waals surface area contributed by atoms with Gasteiger partial charge in [-0.05, 0) is 61.7 Å². The Labute approximate surface area is 222 Å². The largest absolute Gasteiger partial charge is 0.350 e. The summed E-state index contributed by atoms with van der Waals surface area (Å²) < 4.78 is 13.2. The van der Waals surface area contributed by atoms with Gasteiger partial charge in [-0.3, -0.25) is 9.59 Å². The van der Waals surface area contributed by atoms with E-state index in [9.17, 15) is 14.0 Å². The average Bonchev–Trinajstić information content (AvgIpc) is 2.83. The molecule has 0 spiro atoms. The van der Waals surface area contributed by atoms with Crippen LogP contribution in [0.3, 0.4) is 0 Å². The molecule has 7 heteroatoms. The molecule has 0 saturated carbocycles. The van der Waals surface area contributed by atoms with Crippen molar-refractivity contribution in [2.75, 3.05) is 5.75 Å². The summed E-state index contributed by atoms with van der Waals surface area (Å²) in [6.45, 7) is 6.05. The third-order valence-corrected chi connectivity index (χ3v) is 6.68. The Balaban J connectivity index is 1.85. The summed E-state index contributed by atoms with van der Waals surface area (Å²) in [5.74, 6) is 0.138. The minimum absolute atomic E-state index is 0.137. The lowest BCUT2D eigenvalue weighted by Gasteiger charge is -2.34. The van der Waals surface area contributed by atoms with Gasteiger partial charge in [0.25, 0.3) is 0 Å². The number of amides is 2. The first-order valence-electron chi connectivity index (χ1n) is 11.8. The second-order valence-electron chi connectivity index (χ2n) is 9.71. The molecule has 0 bridgehead atoms. The van der Waals surface area contributed by atoms with Crippen LogP contribution in [-0.4, -0.2) is 34.0 Å². The second kappa shape index (κ2) is 12.9. The van der Waals surface area contributed by atoms with Gasteiger partial charge in [0.2, 0.25) is 11.8 Å². The lowest BCUT2D eigenvalue weighted by molar-refractivity contribution is -0.140. The molecule has 0 radical (unpaired) electrons. The Morgan fingerprint density at radius 3 is 2.14 bits per heavy atom. The fourth-order valence-electron chi connectivity index (χ4n) is 3.71. The highest BCUT2D eigenvalue weighted by Gasteiger charge is 2.32. The number of thioether (sulfide) groups is 1. The lowest BCUT2D eigenvalue weighted by Crippen LogP contribution is -2.54. The van der Waals surface area contributed by atoms with E-state index in [1.807, 2.05) is 63.2 Å². The normalized spacial score (nSPS) is 12.1. The van der Waals surface area contributed by atoms with Crippen LogP contribution in [0.25, 0.3) is 0 Å². The standard InChI is InChI=1S/C29H32ClFN2O2S/c1-29(2,3)32-28(35)26(17-21-7-5-4-6-8-21)33(18-22-9-13-24(30)14-10-22)27(34)20-36-19-23-11-15-25(31)16-12-23/h4-16,26H,17-20H2,1-3H3,(H,32,35)/t26-/m1/s1. The minimum Gasteiger partial charge on any atom is -0.350 e. The molecule has 0 aliphatic carbocycles. The number of nitrogens with zero attached hydrogens (tertiary/aromatic N) is 1. The van der Waals surface area contributed by atoms with Crippen LogP contribution < -0.4 is 5.32 Å². The van der Waals surface area contributed by atoms with Crippen LogP contribution >= 0.6 is 23.4 Å². The van der Waals surface area contributed by atoms with Crippen LogP contribution in [0.1, 0.15) is 37.5 Å². The number of benzene rings is 3. The van der Waals surface area contributed by atoms with E-state index >= 15 is 0 Å². The van der Waals surface area contributed by atoms with Gasteiger partial charge in [-0.25, -0.2) is 4.39 Å². The van der Waals surface area contributed by atoms with Gasteiger partial charge >= 0.3 is 0 Å². The first kappa shape index (κ1) is 27.8. The second-order valence-corrected chi connectivity index (χ2v) is 11.1. The van der Waals surface area contributed by atoms with Crippen molar-refractivity contribution < 1.29 is 14.0 Å². The van der Waals surface area contributed by atoms with Gasteiger partial charge in [0.1, 0.15) is 11.9 Å². The molecule has 4 nitrogen and oxygen atoms in total. The van der Waals surface area contributed by atoms with Crippen molar-refractivity contribution in [3.63, 3.8) is 0 Å². The maximum atomic E-state index is 13.6. The molecule has 0 fully saturated rings. The van der Waals surface area contributed by atoms with Gasteiger partial charge in [-0.1, -0.05) is 66.2 Å². The Morgan fingerprint density at radius 1 is 0.917 bits per heavy atom. The van der Waals surface area contributed by atoms with Gasteiger partial charge in [0.05, 0.1) is 5.75 Å². The van der Waals surface area contributed by atoms with Crippen molar-refractivity contribution in [3.05, 3.63) is 106 Å². The summed E-state index contributed by atoms with van der Waals surface area (Å²) in [6.07, 6.45) is 0.394. The number of carbonyl (C=O) groups is 2. The topological polar surface area (TPSA) is 49.4 Å². The number of halogens is 2. The van der Waals surface area contributed by atoms with Gasteiger partial charge in [0.15, 0.2) is 0 Å². The van der Waals surface area contributed by atoms with Crippen molar-refractivity contribution in [1.82, 2.24) is 10.2 Å². The number of carbonyl (C=O) groups excluding carboxylic acids is 2. The third kappa shape index (κ3) is 8.99. The fourth-order valence-corrected chi connectivity index (χ4v) is 4.71. The molecule has 0 aliphatic heterocycles. The Bertz CT molecular complexity index is 1130. The van der Waals surface area contributed by atoms with Crippen LogP contribution in [0.4, 0.5) is 4.39 Å². The maximum Gasteiger partial charge on any atom is 0.243 e. The van der Waals surface area contributed by atoms with Crippen molar-refractivity contribution in [2.24, 2.45) is 0 Å². The third-order valence-electron chi connectivity index (χ3n) is 5.44. The van der Waals surface area contributed by atoms with Gasteiger partial charge in [-0.2, -0.15) is 0 Å². The van der Waals surface area contributed by atoms with Gasteiger partial charge in [-0.15, -0.1) is 11.8 Å². The predicted octanol–water partition coefficient (Wildman–Crippen LogP) is 6.27. The predicted molar refractivity (Wildman–Crippen MR) is 146 cm³/mol. The van der Waals surface area contributed by atoms with Crippen LogP contribution in [0, 0.1) is 5.82 Å². The van der Waals surface area contributed by atoms with Gasteiger partial charge in [0, 0.05) is 29.3 Å². The first-order valence-corrected chi connectivity index (χ1v) is 13.4. The molecule has 0 aromatic heterocycles. The highest BCUT2D eigenvalue weighted by molar-refractivity contribution is 7.99. The summed E-state index contributed by atoms with van der Waals surface area (Å²) in [7, 11) is 0. The van der Waals surface area contributed by atoms with E-state index in [1.165, 1.54) is 23.9 Å². The summed E-state index contributed by atoms with van der Waals surface area (Å²) in [5, 5.41) is 3.67. The van der Waals surface area contributed by atoms with E-state index in [2.05, 4.69) is 5.32 Å². The Hall–Kier alpha value is -2.83. The summed E-state index contributed by atoms with van der Waals surface area (Å²) in [6, 6.07) is 22.6. The summed E-state index contributed by atoms with van der Waals surface area (Å²) in [5.41, 5.74) is 2.35. The molecule has 36 heavy (non-hydrogen) atoms. The lowest BCUT2D eigenvalue weighted by atomic mass is 10.0. The highest BCUT2D eigenvalue weighted by atomic mass is 35.5. The Morgan fingerprint density at radius 2 is 1.53 bits per heavy atom. The zero-order valence-corrected chi connectivity index (χ0v) is 22.4. The summed E-state index contributed by atoms with van der Waals surface area (Å²) >= 11 is 7.51. The average molecular weight is 527 g/mol. The molecular weight excluding hydrogens is 495 g/mol. The molecule has 1 atom stereocenters. The van der Waals surface area contributed by atoms with Crippen molar-refractivity contribution in [3.8, 4) is 0 Å². The van der Waals surface area contributed by atoms with Crippen LogP contribution in [-0.2, 0) is 28.3 Å². The van der Waals surface area contributed by atoms with Crippen LogP contribution in [0.2, 0.25) is 5.02 Å². The van der Waals surface area contributed by atoms with E-state index in [1.54, 1.807) is 29.2 Å². The maximum absolute atomic E-state index is 13.6. The van der Waals surface area contributed by atoms with E-state index in [-0.39, 0.29) is 29.9 Å².